The summed E-state index contributed by atoms with van der Waals surface area (Å²) in [5.41, 5.74) is 3.44. The number of nitrogens with zero attached hydrogens (tertiary/aromatic N) is 2. The molecule has 2 aromatic carbocycles. The van der Waals surface area contributed by atoms with Gasteiger partial charge in [-0.3, -0.25) is 14.0 Å². The molecule has 0 unspecified atom stereocenters. The van der Waals surface area contributed by atoms with E-state index in [0.717, 1.165) is 41.3 Å². The Labute approximate surface area is 191 Å². The third-order valence-corrected chi connectivity index (χ3v) is 6.98. The van der Waals surface area contributed by atoms with Gasteiger partial charge in [0.1, 0.15) is 11.8 Å². The second kappa shape index (κ2) is 10.4. The third kappa shape index (κ3) is 6.01. The summed E-state index contributed by atoms with van der Waals surface area (Å²) in [5.74, 6) is 0.0226. The first-order valence-electron chi connectivity index (χ1n) is 10.9. The predicted octanol–water partition coefficient (Wildman–Crippen LogP) is 3.07. The fourth-order valence-electron chi connectivity index (χ4n) is 4.05. The molecule has 1 aliphatic rings. The van der Waals surface area contributed by atoms with Gasteiger partial charge in [-0.25, -0.2) is 8.42 Å². The minimum Gasteiger partial charge on any atom is -0.495 e. The van der Waals surface area contributed by atoms with Crippen molar-refractivity contribution in [3.63, 3.8) is 0 Å². The van der Waals surface area contributed by atoms with Crippen LogP contribution in [-0.2, 0) is 27.9 Å². The van der Waals surface area contributed by atoms with Gasteiger partial charge in [0, 0.05) is 13.1 Å². The molecule has 1 heterocycles. The van der Waals surface area contributed by atoms with Gasteiger partial charge in [0.25, 0.3) is 0 Å². The van der Waals surface area contributed by atoms with Crippen LogP contribution in [0.2, 0.25) is 0 Å². The lowest BCUT2D eigenvalue weighted by atomic mass is 10.1. The average Bonchev–Trinajstić information content (AvgIpc) is 3.25. The predicted molar refractivity (Wildman–Crippen MR) is 127 cm³/mol. The zero-order chi connectivity index (χ0) is 23.3. The fourth-order valence-corrected chi connectivity index (χ4v) is 5.22. The van der Waals surface area contributed by atoms with Gasteiger partial charge in [-0.2, -0.15) is 0 Å². The molecule has 1 fully saturated rings. The van der Waals surface area contributed by atoms with E-state index in [-0.39, 0.29) is 5.91 Å². The molecule has 1 N–H and O–H groups in total. The van der Waals surface area contributed by atoms with Gasteiger partial charge in [0.15, 0.2) is 0 Å². The summed E-state index contributed by atoms with van der Waals surface area (Å²) in [6.07, 6.45) is 3.63. The maximum Gasteiger partial charge on any atom is 0.243 e. The Morgan fingerprint density at radius 3 is 2.34 bits per heavy atom. The standard InChI is InChI=1S/C24H33N3O4S/c1-18-7-12-23(31-3)22(15-18)27(32(4,29)30)19(2)24(28)25-16-20-8-10-21(11-9-20)17-26-13-5-6-14-26/h7-12,15,19H,5-6,13-14,16-17H2,1-4H3,(H,25,28)/t19-/m0/s1. The van der Waals surface area contributed by atoms with Crippen molar-refractivity contribution >= 4 is 21.6 Å². The van der Waals surface area contributed by atoms with E-state index >= 15 is 0 Å². The Bertz CT molecular complexity index is 1030. The molecule has 0 aromatic heterocycles. The van der Waals surface area contributed by atoms with E-state index in [1.165, 1.54) is 25.5 Å². The molecule has 1 atom stereocenters. The Hall–Kier alpha value is -2.58. The van der Waals surface area contributed by atoms with Crippen LogP contribution in [0.5, 0.6) is 5.75 Å². The summed E-state index contributed by atoms with van der Waals surface area (Å²) in [4.78, 5) is 15.3. The number of hydrogen-bond donors (Lipinski definition) is 1. The highest BCUT2D eigenvalue weighted by atomic mass is 32.2. The van der Waals surface area contributed by atoms with Crippen LogP contribution in [0.1, 0.15) is 36.5 Å². The summed E-state index contributed by atoms with van der Waals surface area (Å²) in [7, 11) is -2.24. The van der Waals surface area contributed by atoms with E-state index in [4.69, 9.17) is 4.74 Å². The maximum absolute atomic E-state index is 12.9. The number of hydrogen-bond acceptors (Lipinski definition) is 5. The Balaban J connectivity index is 1.68. The van der Waals surface area contributed by atoms with E-state index in [2.05, 4.69) is 22.3 Å². The molecule has 7 nitrogen and oxygen atoms in total. The van der Waals surface area contributed by atoms with Crippen molar-refractivity contribution in [2.45, 2.75) is 45.8 Å². The first-order chi connectivity index (χ1) is 15.2. The van der Waals surface area contributed by atoms with Crippen molar-refractivity contribution in [1.82, 2.24) is 10.2 Å². The van der Waals surface area contributed by atoms with Gasteiger partial charge in [0.05, 0.1) is 19.1 Å². The highest BCUT2D eigenvalue weighted by Crippen LogP contribution is 2.32. The van der Waals surface area contributed by atoms with Gasteiger partial charge in [-0.15, -0.1) is 0 Å². The molecule has 2 aromatic rings. The zero-order valence-corrected chi connectivity index (χ0v) is 20.1. The number of anilines is 1. The first-order valence-corrected chi connectivity index (χ1v) is 12.8. The van der Waals surface area contributed by atoms with E-state index in [1.54, 1.807) is 19.1 Å². The second-order valence-electron chi connectivity index (χ2n) is 8.43. The summed E-state index contributed by atoms with van der Waals surface area (Å²) in [6, 6.07) is 12.5. The average molecular weight is 460 g/mol. The number of rotatable bonds is 9. The van der Waals surface area contributed by atoms with Crippen molar-refractivity contribution < 1.29 is 17.9 Å². The van der Waals surface area contributed by atoms with E-state index in [0.29, 0.717) is 18.0 Å². The molecule has 8 heteroatoms. The number of methoxy groups -OCH3 is 1. The van der Waals surface area contributed by atoms with Gasteiger partial charge < -0.3 is 10.1 Å². The SMILES string of the molecule is COc1ccc(C)cc1N([C@@H](C)C(=O)NCc1ccc(CN2CCCC2)cc1)S(C)(=O)=O. The molecule has 1 aliphatic heterocycles. The lowest BCUT2D eigenvalue weighted by Gasteiger charge is -2.29. The van der Waals surface area contributed by atoms with Crippen molar-refractivity contribution in [2.75, 3.05) is 30.8 Å². The number of ether oxygens (including phenoxy) is 1. The van der Waals surface area contributed by atoms with E-state index < -0.39 is 16.1 Å². The lowest BCUT2D eigenvalue weighted by Crippen LogP contribution is -2.47. The van der Waals surface area contributed by atoms with E-state index in [1.807, 2.05) is 25.1 Å². The summed E-state index contributed by atoms with van der Waals surface area (Å²) < 4.78 is 31.7. The largest absolute Gasteiger partial charge is 0.495 e. The van der Waals surface area contributed by atoms with Crippen LogP contribution in [-0.4, -0.2) is 51.7 Å². The van der Waals surface area contributed by atoms with Crippen LogP contribution in [0, 0.1) is 6.92 Å². The molecule has 174 valence electrons. The molecule has 3 rings (SSSR count). The van der Waals surface area contributed by atoms with Crippen LogP contribution >= 0.6 is 0 Å². The molecule has 0 bridgehead atoms. The zero-order valence-electron chi connectivity index (χ0n) is 19.3. The fraction of sp³-hybridized carbons (Fsp3) is 0.458. The van der Waals surface area contributed by atoms with E-state index in [9.17, 15) is 13.2 Å². The Morgan fingerprint density at radius 1 is 1.12 bits per heavy atom. The van der Waals surface area contributed by atoms with Crippen molar-refractivity contribution in [2.24, 2.45) is 0 Å². The highest BCUT2D eigenvalue weighted by molar-refractivity contribution is 7.92. The minimum atomic E-state index is -3.72. The van der Waals surface area contributed by atoms with Crippen molar-refractivity contribution in [1.29, 1.82) is 0 Å². The smallest absolute Gasteiger partial charge is 0.243 e. The number of aryl methyl sites for hydroxylation is 1. The van der Waals surface area contributed by atoms with Gasteiger partial charge in [-0.1, -0.05) is 30.3 Å². The maximum atomic E-state index is 12.9. The lowest BCUT2D eigenvalue weighted by molar-refractivity contribution is -0.122. The quantitative estimate of drug-likeness (QED) is 0.624. The van der Waals surface area contributed by atoms with Gasteiger partial charge >= 0.3 is 0 Å². The number of benzene rings is 2. The molecule has 32 heavy (non-hydrogen) atoms. The topological polar surface area (TPSA) is 79.0 Å². The number of nitrogens with one attached hydrogen (secondary N) is 1. The molecular weight excluding hydrogens is 426 g/mol. The molecule has 0 spiro atoms. The van der Waals surface area contributed by atoms with Crippen LogP contribution in [0.15, 0.2) is 42.5 Å². The highest BCUT2D eigenvalue weighted by Gasteiger charge is 2.31. The molecule has 0 saturated carbocycles. The monoisotopic (exact) mass is 459 g/mol. The molecule has 1 saturated heterocycles. The number of carbonyl (C=O) groups is 1. The third-order valence-electron chi connectivity index (χ3n) is 5.75. The van der Waals surface area contributed by atoms with Crippen LogP contribution in [0.4, 0.5) is 5.69 Å². The number of amides is 1. The normalized spacial score (nSPS) is 15.4. The number of likely N-dealkylation sites (tertiary alicyclic amines) is 1. The molecule has 0 aliphatic carbocycles. The van der Waals surface area contributed by atoms with Gasteiger partial charge in [0.2, 0.25) is 15.9 Å². The Morgan fingerprint density at radius 2 is 1.75 bits per heavy atom. The molecule has 0 radical (unpaired) electrons. The second-order valence-corrected chi connectivity index (χ2v) is 10.3. The summed E-state index contributed by atoms with van der Waals surface area (Å²) in [5, 5.41) is 2.87. The summed E-state index contributed by atoms with van der Waals surface area (Å²) in [6.45, 7) is 7.02. The minimum absolute atomic E-state index is 0.329. The van der Waals surface area contributed by atoms with Crippen LogP contribution in [0.25, 0.3) is 0 Å². The number of sulfonamides is 1. The van der Waals surface area contributed by atoms with Crippen molar-refractivity contribution in [3.8, 4) is 5.75 Å². The number of carbonyl (C=O) groups excluding carboxylic acids is 1. The Kier molecular flexibility index (Phi) is 7.79. The summed E-state index contributed by atoms with van der Waals surface area (Å²) >= 11 is 0. The van der Waals surface area contributed by atoms with Crippen molar-refractivity contribution in [3.05, 3.63) is 59.2 Å². The molecular formula is C24H33N3O4S. The van der Waals surface area contributed by atoms with Crippen LogP contribution in [0.3, 0.4) is 0 Å². The van der Waals surface area contributed by atoms with Crippen LogP contribution < -0.4 is 14.4 Å². The molecule has 1 amide bonds. The first kappa shape index (κ1) is 24.1. The van der Waals surface area contributed by atoms with Gasteiger partial charge in [-0.05, 0) is 68.6 Å².